The van der Waals surface area contributed by atoms with E-state index < -0.39 is 6.03 Å². The quantitative estimate of drug-likeness (QED) is 0.622. The van der Waals surface area contributed by atoms with Crippen molar-refractivity contribution >= 4 is 11.9 Å². The number of likely N-dealkylation sites (tertiary alicyclic amines) is 1. The molecule has 1 fully saturated rings. The summed E-state index contributed by atoms with van der Waals surface area (Å²) in [7, 11) is 1.96. The van der Waals surface area contributed by atoms with Gasteiger partial charge in [-0.05, 0) is 26.8 Å². The normalized spacial score (nSPS) is 17.8. The fourth-order valence-electron chi connectivity index (χ4n) is 1.95. The van der Waals surface area contributed by atoms with Gasteiger partial charge in [-0.25, -0.2) is 4.79 Å². The number of hydrogen-bond acceptors (Lipinski definition) is 4. The highest BCUT2D eigenvalue weighted by Crippen LogP contribution is 2.08. The number of piperidine rings is 1. The zero-order valence-electron chi connectivity index (χ0n) is 10.6. The smallest absolute Gasteiger partial charge is 0.321 e. The van der Waals surface area contributed by atoms with Gasteiger partial charge >= 0.3 is 6.03 Å². The van der Waals surface area contributed by atoms with Crippen molar-refractivity contribution in [3.63, 3.8) is 0 Å². The minimum absolute atomic E-state index is 0.237. The molecule has 17 heavy (non-hydrogen) atoms. The van der Waals surface area contributed by atoms with Crippen LogP contribution in [0.1, 0.15) is 19.8 Å². The summed E-state index contributed by atoms with van der Waals surface area (Å²) in [5.74, 6) is -0.237. The molecule has 3 amide bonds. The molecule has 0 aromatic heterocycles. The van der Waals surface area contributed by atoms with E-state index in [1.54, 1.807) is 0 Å². The van der Waals surface area contributed by atoms with E-state index >= 15 is 0 Å². The number of imide groups is 1. The third-order valence-corrected chi connectivity index (χ3v) is 2.95. The highest BCUT2D eigenvalue weighted by atomic mass is 16.2. The third-order valence-electron chi connectivity index (χ3n) is 2.95. The van der Waals surface area contributed by atoms with Gasteiger partial charge in [0.2, 0.25) is 5.91 Å². The van der Waals surface area contributed by atoms with Crippen LogP contribution in [0.2, 0.25) is 0 Å². The molecule has 0 radical (unpaired) electrons. The Hall–Kier alpha value is -1.14. The van der Waals surface area contributed by atoms with E-state index in [0.717, 1.165) is 25.9 Å². The van der Waals surface area contributed by atoms with Crippen LogP contribution in [0.3, 0.4) is 0 Å². The lowest BCUT2D eigenvalue weighted by atomic mass is 10.1. The van der Waals surface area contributed by atoms with Gasteiger partial charge in [0.15, 0.2) is 0 Å². The molecule has 0 aromatic carbocycles. The lowest BCUT2D eigenvalue weighted by Gasteiger charge is -2.31. The summed E-state index contributed by atoms with van der Waals surface area (Å²) >= 11 is 0. The van der Waals surface area contributed by atoms with E-state index in [1.165, 1.54) is 0 Å². The number of nitrogens with one attached hydrogen (secondary N) is 3. The zero-order chi connectivity index (χ0) is 12.7. The largest absolute Gasteiger partial charge is 0.338 e. The summed E-state index contributed by atoms with van der Waals surface area (Å²) in [6.07, 6.45) is 2.09. The number of rotatable bonds is 4. The van der Waals surface area contributed by atoms with E-state index in [2.05, 4.69) is 20.9 Å². The molecule has 0 unspecified atom stereocenters. The number of urea groups is 1. The maximum Gasteiger partial charge on any atom is 0.321 e. The molecule has 1 aliphatic heterocycles. The molecule has 0 bridgehead atoms. The fourth-order valence-corrected chi connectivity index (χ4v) is 1.95. The molecule has 0 saturated carbocycles. The molecule has 6 nitrogen and oxygen atoms in total. The zero-order valence-corrected chi connectivity index (χ0v) is 10.6. The molecule has 6 heteroatoms. The summed E-state index contributed by atoms with van der Waals surface area (Å²) in [6.45, 7) is 4.43. The summed E-state index contributed by atoms with van der Waals surface area (Å²) in [5.41, 5.74) is 0. The molecular weight excluding hydrogens is 220 g/mol. The molecule has 1 rings (SSSR count). The molecule has 1 heterocycles. The van der Waals surface area contributed by atoms with E-state index in [1.807, 2.05) is 14.0 Å². The van der Waals surface area contributed by atoms with Crippen molar-refractivity contribution in [1.29, 1.82) is 0 Å². The number of carbonyl (C=O) groups excluding carboxylic acids is 2. The first-order valence-corrected chi connectivity index (χ1v) is 6.13. The van der Waals surface area contributed by atoms with Crippen molar-refractivity contribution in [2.45, 2.75) is 25.8 Å². The number of carbonyl (C=O) groups is 2. The van der Waals surface area contributed by atoms with Gasteiger partial charge in [-0.2, -0.15) is 0 Å². The average Bonchev–Trinajstić information content (AvgIpc) is 2.30. The number of hydrogen-bond donors (Lipinski definition) is 3. The van der Waals surface area contributed by atoms with Gasteiger partial charge in [0.1, 0.15) is 0 Å². The maximum absolute atomic E-state index is 11.5. The molecule has 3 N–H and O–H groups in total. The van der Waals surface area contributed by atoms with Crippen LogP contribution in [-0.2, 0) is 4.79 Å². The molecule has 1 saturated heterocycles. The number of nitrogens with zero attached hydrogens (tertiary/aromatic N) is 1. The van der Waals surface area contributed by atoms with Crippen LogP contribution in [0, 0.1) is 0 Å². The lowest BCUT2D eigenvalue weighted by Crippen LogP contribution is -2.48. The van der Waals surface area contributed by atoms with Crippen molar-refractivity contribution in [3.8, 4) is 0 Å². The van der Waals surface area contributed by atoms with Crippen LogP contribution in [0.4, 0.5) is 4.79 Å². The fraction of sp³-hybridized carbons (Fsp3) is 0.818. The van der Waals surface area contributed by atoms with Crippen molar-refractivity contribution in [2.24, 2.45) is 0 Å². The van der Waals surface area contributed by atoms with E-state index in [4.69, 9.17) is 0 Å². The van der Waals surface area contributed by atoms with Gasteiger partial charge in [-0.15, -0.1) is 0 Å². The predicted octanol–water partition coefficient (Wildman–Crippen LogP) is -0.484. The van der Waals surface area contributed by atoms with Gasteiger partial charge < -0.3 is 10.6 Å². The van der Waals surface area contributed by atoms with Crippen molar-refractivity contribution in [1.82, 2.24) is 20.9 Å². The van der Waals surface area contributed by atoms with Crippen LogP contribution in [0.25, 0.3) is 0 Å². The average molecular weight is 242 g/mol. The third kappa shape index (κ3) is 5.14. The van der Waals surface area contributed by atoms with Gasteiger partial charge in [0, 0.05) is 25.7 Å². The van der Waals surface area contributed by atoms with Crippen molar-refractivity contribution in [2.75, 3.05) is 33.2 Å². The van der Waals surface area contributed by atoms with Gasteiger partial charge in [-0.3, -0.25) is 15.0 Å². The SMILES string of the molecule is CCNC(=O)NC(=O)CN1CCC(NC)CC1. The Balaban J connectivity index is 2.21. The molecule has 0 aliphatic carbocycles. The van der Waals surface area contributed by atoms with Crippen LogP contribution < -0.4 is 16.0 Å². The first-order chi connectivity index (χ1) is 8.15. The predicted molar refractivity (Wildman–Crippen MR) is 65.7 cm³/mol. The second-order valence-corrected chi connectivity index (χ2v) is 4.25. The molecule has 0 spiro atoms. The van der Waals surface area contributed by atoms with Gasteiger partial charge in [-0.1, -0.05) is 0 Å². The first-order valence-electron chi connectivity index (χ1n) is 6.13. The van der Waals surface area contributed by atoms with E-state index in [9.17, 15) is 9.59 Å². The Morgan fingerprint density at radius 3 is 2.47 bits per heavy atom. The minimum Gasteiger partial charge on any atom is -0.338 e. The van der Waals surface area contributed by atoms with Crippen LogP contribution >= 0.6 is 0 Å². The number of amides is 3. The van der Waals surface area contributed by atoms with Crippen LogP contribution in [0.5, 0.6) is 0 Å². The second-order valence-electron chi connectivity index (χ2n) is 4.25. The monoisotopic (exact) mass is 242 g/mol. The molecule has 0 aromatic rings. The molecule has 0 atom stereocenters. The first kappa shape index (κ1) is 13.9. The summed E-state index contributed by atoms with van der Waals surface area (Å²) in [4.78, 5) is 24.7. The highest BCUT2D eigenvalue weighted by molar-refractivity contribution is 5.95. The molecular formula is C11H22N4O2. The van der Waals surface area contributed by atoms with Gasteiger partial charge in [0.25, 0.3) is 0 Å². The standard InChI is InChI=1S/C11H22N4O2/c1-3-13-11(17)14-10(16)8-15-6-4-9(12-2)5-7-15/h9,12H,3-8H2,1-2H3,(H2,13,14,16,17). The van der Waals surface area contributed by atoms with Crippen molar-refractivity contribution < 1.29 is 9.59 Å². The van der Waals surface area contributed by atoms with Gasteiger partial charge in [0.05, 0.1) is 6.54 Å². The Morgan fingerprint density at radius 1 is 1.29 bits per heavy atom. The minimum atomic E-state index is -0.414. The van der Waals surface area contributed by atoms with E-state index in [0.29, 0.717) is 19.1 Å². The topological polar surface area (TPSA) is 73.5 Å². The van der Waals surface area contributed by atoms with Crippen molar-refractivity contribution in [3.05, 3.63) is 0 Å². The Bertz CT molecular complexity index is 262. The highest BCUT2D eigenvalue weighted by Gasteiger charge is 2.19. The molecule has 98 valence electrons. The van der Waals surface area contributed by atoms with E-state index in [-0.39, 0.29) is 5.91 Å². The Morgan fingerprint density at radius 2 is 1.94 bits per heavy atom. The Labute approximate surface area is 102 Å². The Kier molecular flexibility index (Phi) is 5.93. The second kappa shape index (κ2) is 7.24. The maximum atomic E-state index is 11.5. The summed E-state index contributed by atoms with van der Waals surface area (Å²) in [5, 5.41) is 8.07. The molecule has 1 aliphatic rings. The van der Waals surface area contributed by atoms with Crippen LogP contribution in [-0.4, -0.2) is 56.1 Å². The lowest BCUT2D eigenvalue weighted by molar-refractivity contribution is -0.121. The summed E-state index contributed by atoms with van der Waals surface area (Å²) in [6, 6.07) is 0.139. The summed E-state index contributed by atoms with van der Waals surface area (Å²) < 4.78 is 0. The van der Waals surface area contributed by atoms with Crippen LogP contribution in [0.15, 0.2) is 0 Å².